The van der Waals surface area contributed by atoms with E-state index in [0.29, 0.717) is 0 Å². The van der Waals surface area contributed by atoms with Crippen molar-refractivity contribution in [3.63, 3.8) is 0 Å². The third-order valence-corrected chi connectivity index (χ3v) is 1.95. The van der Waals surface area contributed by atoms with Crippen molar-refractivity contribution in [2.75, 3.05) is 0 Å². The Labute approximate surface area is 135 Å². The van der Waals surface area contributed by atoms with Crippen LogP contribution in [0.15, 0.2) is 55.0 Å². The van der Waals surface area contributed by atoms with Crippen molar-refractivity contribution in [3.05, 3.63) is 60.1 Å². The third kappa shape index (κ3) is 8.23. The quantitative estimate of drug-likeness (QED) is 0.303. The number of nitrogens with zero attached hydrogens (tertiary/aromatic N) is 2. The maximum atomic E-state index is 5.67. The molecule has 0 N–H and O–H groups in total. The van der Waals surface area contributed by atoms with Crippen molar-refractivity contribution in [1.29, 1.82) is 0 Å². The molecule has 0 aliphatic carbocycles. The monoisotopic (exact) mass is 462 g/mol. The van der Waals surface area contributed by atoms with Gasteiger partial charge in [-0.2, -0.15) is 4.57 Å². The number of pyridine rings is 2. The highest BCUT2D eigenvalue weighted by molar-refractivity contribution is 14.0. The molecule has 88 valence electrons. The van der Waals surface area contributed by atoms with Gasteiger partial charge in [0.15, 0.2) is 6.20 Å². The molecule has 0 fully saturated rings. The van der Waals surface area contributed by atoms with Crippen LogP contribution in [0.4, 0.5) is 0 Å². The molecule has 0 radical (unpaired) electrons. The minimum Gasteiger partial charge on any atom is -1.00 e. The number of hydrogen-bond acceptors (Lipinski definition) is 1. The molecule has 16 heavy (non-hydrogen) atoms. The molecule has 0 aliphatic heterocycles. The van der Waals surface area contributed by atoms with Crippen molar-refractivity contribution in [1.82, 2.24) is 4.98 Å². The van der Waals surface area contributed by atoms with E-state index in [9.17, 15) is 0 Å². The maximum absolute atomic E-state index is 5.67. The second-order valence-corrected chi connectivity index (χ2v) is 3.05. The minimum atomic E-state index is 0. The van der Waals surface area contributed by atoms with E-state index in [-0.39, 0.29) is 48.0 Å². The Hall–Kier alpha value is 0.0500. The van der Waals surface area contributed by atoms with Gasteiger partial charge in [0, 0.05) is 24.5 Å². The zero-order chi connectivity index (χ0) is 10.2. The van der Waals surface area contributed by atoms with Crippen LogP contribution < -0.4 is 28.5 Å². The van der Waals surface area contributed by atoms with Crippen molar-refractivity contribution >= 4 is 35.6 Å². The second-order valence-electron chi connectivity index (χ2n) is 2.66. The summed E-state index contributed by atoms with van der Waals surface area (Å²) in [6.07, 6.45) is 5.41. The highest BCUT2D eigenvalue weighted by atomic mass is 127. The number of hydrogen-bond donors (Lipinski definition) is 0. The first-order valence-corrected chi connectivity index (χ1v) is 4.63. The molecule has 0 saturated heterocycles. The molecule has 0 atom stereocenters. The normalized spacial score (nSPS) is 7.62. The molecule has 0 spiro atoms. The van der Waals surface area contributed by atoms with Gasteiger partial charge in [0.25, 0.3) is 5.15 Å². The molecule has 0 saturated carbocycles. The second kappa shape index (κ2) is 11.5. The van der Waals surface area contributed by atoms with Crippen LogP contribution in [-0.2, 0) is 7.05 Å². The summed E-state index contributed by atoms with van der Waals surface area (Å²) in [4.78, 5) is 3.78. The van der Waals surface area contributed by atoms with E-state index < -0.39 is 0 Å². The molecule has 0 amide bonds. The van der Waals surface area contributed by atoms with Crippen LogP contribution in [0.25, 0.3) is 0 Å². The van der Waals surface area contributed by atoms with Gasteiger partial charge in [0.1, 0.15) is 7.05 Å². The van der Waals surface area contributed by atoms with Gasteiger partial charge in [-0.1, -0.05) is 6.07 Å². The zero-order valence-electron chi connectivity index (χ0n) is 8.75. The van der Waals surface area contributed by atoms with Crippen molar-refractivity contribution in [2.45, 2.75) is 0 Å². The molecule has 5 heteroatoms. The van der Waals surface area contributed by atoms with E-state index in [0.717, 1.165) is 5.15 Å². The van der Waals surface area contributed by atoms with Crippen molar-refractivity contribution < 1.29 is 28.5 Å². The summed E-state index contributed by atoms with van der Waals surface area (Å²) in [5, 5.41) is 0.757. The van der Waals surface area contributed by atoms with Crippen LogP contribution in [0.5, 0.6) is 0 Å². The van der Waals surface area contributed by atoms with Gasteiger partial charge in [-0.05, 0) is 29.8 Å². The maximum Gasteiger partial charge on any atom is 0.274 e. The molecule has 0 aromatic carbocycles. The Bertz CT molecular complexity index is 324. The zero-order valence-corrected chi connectivity index (χ0v) is 14.0. The summed E-state index contributed by atoms with van der Waals surface area (Å²) in [6, 6.07) is 11.4. The summed E-state index contributed by atoms with van der Waals surface area (Å²) >= 11 is 5.67. The number of aromatic nitrogens is 2. The van der Waals surface area contributed by atoms with Crippen molar-refractivity contribution in [2.24, 2.45) is 7.05 Å². The number of rotatable bonds is 0. The molecular formula is C11H13ClI2N2. The first-order chi connectivity index (χ1) is 6.80. The highest BCUT2D eigenvalue weighted by Crippen LogP contribution is 1.95. The lowest BCUT2D eigenvalue weighted by Gasteiger charge is -1.84. The van der Waals surface area contributed by atoms with Crippen LogP contribution >= 0.6 is 35.6 Å². The van der Waals surface area contributed by atoms with Gasteiger partial charge in [-0.15, -0.1) is 24.0 Å². The van der Waals surface area contributed by atoms with E-state index in [4.69, 9.17) is 11.6 Å². The molecule has 0 bridgehead atoms. The van der Waals surface area contributed by atoms with Crippen LogP contribution in [0, 0.1) is 0 Å². The van der Waals surface area contributed by atoms with Crippen LogP contribution in [0.1, 0.15) is 0 Å². The lowest BCUT2D eigenvalue weighted by atomic mass is 10.5. The van der Waals surface area contributed by atoms with Crippen molar-refractivity contribution in [3.8, 4) is 0 Å². The number of aryl methyl sites for hydroxylation is 1. The Balaban J connectivity index is 0. The van der Waals surface area contributed by atoms with E-state index >= 15 is 0 Å². The lowest BCUT2D eigenvalue weighted by molar-refractivity contribution is -0.669. The minimum absolute atomic E-state index is 0. The molecular weight excluding hydrogens is 449 g/mol. The van der Waals surface area contributed by atoms with E-state index in [1.165, 1.54) is 0 Å². The summed E-state index contributed by atoms with van der Waals surface area (Å²) in [7, 11) is 1.91. The van der Waals surface area contributed by atoms with Crippen LogP contribution in [-0.4, -0.2) is 4.98 Å². The fourth-order valence-electron chi connectivity index (χ4n) is 0.815. The summed E-state index contributed by atoms with van der Waals surface area (Å²) in [5.74, 6) is 0. The van der Waals surface area contributed by atoms with Gasteiger partial charge in [0.05, 0.1) is 0 Å². The molecule has 0 unspecified atom stereocenters. The average Bonchev–Trinajstić information content (AvgIpc) is 2.26. The predicted molar refractivity (Wildman–Crippen MR) is 72.3 cm³/mol. The molecule has 2 heterocycles. The Kier molecular flexibility index (Phi) is 13.3. The SMILES string of the molecule is C[n+]1ccccc1Cl.I.[I-].c1ccncc1. The smallest absolute Gasteiger partial charge is 0.274 e. The fourth-order valence-corrected chi connectivity index (χ4v) is 0.944. The summed E-state index contributed by atoms with van der Waals surface area (Å²) in [6.45, 7) is 0. The first-order valence-electron chi connectivity index (χ1n) is 4.26. The Morgan fingerprint density at radius 3 is 1.94 bits per heavy atom. The Morgan fingerprint density at radius 1 is 1.06 bits per heavy atom. The van der Waals surface area contributed by atoms with Gasteiger partial charge >= 0.3 is 0 Å². The van der Waals surface area contributed by atoms with E-state index in [1.54, 1.807) is 12.4 Å². The highest BCUT2D eigenvalue weighted by Gasteiger charge is 1.94. The first kappa shape index (κ1) is 18.4. The van der Waals surface area contributed by atoms with Gasteiger partial charge in [0.2, 0.25) is 0 Å². The largest absolute Gasteiger partial charge is 1.00 e. The fraction of sp³-hybridized carbons (Fsp3) is 0.0909. The summed E-state index contributed by atoms with van der Waals surface area (Å²) < 4.78 is 1.85. The predicted octanol–water partition coefficient (Wildman–Crippen LogP) is -0.132. The van der Waals surface area contributed by atoms with E-state index in [2.05, 4.69) is 4.98 Å². The number of halogens is 3. The molecule has 2 aromatic heterocycles. The van der Waals surface area contributed by atoms with E-state index in [1.807, 2.05) is 54.2 Å². The average molecular weight is 462 g/mol. The Morgan fingerprint density at radius 2 is 1.69 bits per heavy atom. The topological polar surface area (TPSA) is 16.8 Å². The van der Waals surface area contributed by atoms with Crippen LogP contribution in [0.2, 0.25) is 5.15 Å². The lowest BCUT2D eigenvalue weighted by Crippen LogP contribution is -3.00. The standard InChI is InChI=1S/C6H7ClN.C5H5N.2HI/c1-8-5-3-2-4-6(8)7;1-2-4-6-5-3-1;;/h2-5H,1H3;1-5H;2*1H/q+1;;;/p-1. The van der Waals surface area contributed by atoms with Crippen LogP contribution in [0.3, 0.4) is 0 Å². The molecule has 2 nitrogen and oxygen atoms in total. The van der Waals surface area contributed by atoms with Gasteiger partial charge < -0.3 is 24.0 Å². The molecule has 0 aliphatic rings. The molecule has 2 aromatic rings. The van der Waals surface area contributed by atoms with Gasteiger partial charge in [-0.25, -0.2) is 0 Å². The molecule has 2 rings (SSSR count). The third-order valence-electron chi connectivity index (χ3n) is 1.56. The van der Waals surface area contributed by atoms with Gasteiger partial charge in [-0.3, -0.25) is 4.98 Å². The summed E-state index contributed by atoms with van der Waals surface area (Å²) in [5.41, 5.74) is 0.